The third kappa shape index (κ3) is 4.25. The summed E-state index contributed by atoms with van der Waals surface area (Å²) in [5.74, 6) is -0.0605. The molecule has 0 bridgehead atoms. The molecule has 0 unspecified atom stereocenters. The summed E-state index contributed by atoms with van der Waals surface area (Å²) in [5.41, 5.74) is -0.947. The van der Waals surface area contributed by atoms with Gasteiger partial charge < -0.3 is 10.2 Å². The first-order chi connectivity index (χ1) is 10.9. The van der Waals surface area contributed by atoms with E-state index in [0.29, 0.717) is 6.42 Å². The number of rotatable bonds is 4. The number of nitrogens with one attached hydrogen (secondary N) is 1. The maximum atomic E-state index is 12.9. The van der Waals surface area contributed by atoms with Crippen LogP contribution in [0.25, 0.3) is 0 Å². The molecular weight excluding hydrogens is 305 g/mol. The summed E-state index contributed by atoms with van der Waals surface area (Å²) in [7, 11) is 0. The Kier molecular flexibility index (Phi) is 4.62. The zero-order valence-corrected chi connectivity index (χ0v) is 12.9. The van der Waals surface area contributed by atoms with Crippen LogP contribution >= 0.6 is 0 Å². The number of amides is 1. The van der Waals surface area contributed by atoms with E-state index >= 15 is 0 Å². The van der Waals surface area contributed by atoms with Gasteiger partial charge in [-0.15, -0.1) is 0 Å². The predicted octanol–water partition coefficient (Wildman–Crippen LogP) is 3.91. The molecule has 1 N–H and O–H groups in total. The lowest BCUT2D eigenvalue weighted by Crippen LogP contribution is -2.36. The molecule has 23 heavy (non-hydrogen) atoms. The van der Waals surface area contributed by atoms with Crippen molar-refractivity contribution in [3.8, 4) is 0 Å². The highest BCUT2D eigenvalue weighted by Gasteiger charge is 2.34. The van der Waals surface area contributed by atoms with Crippen LogP contribution < -0.4 is 5.32 Å². The molecule has 0 aromatic heterocycles. The summed E-state index contributed by atoms with van der Waals surface area (Å²) < 4.78 is 38.8. The molecule has 2 fully saturated rings. The van der Waals surface area contributed by atoms with Gasteiger partial charge in [0.2, 0.25) is 5.91 Å². The Hall–Kier alpha value is -1.56. The maximum Gasteiger partial charge on any atom is 0.418 e. The summed E-state index contributed by atoms with van der Waals surface area (Å²) in [6.45, 7) is 2.00. The van der Waals surface area contributed by atoms with Crippen LogP contribution in [0, 0.1) is 5.92 Å². The quantitative estimate of drug-likeness (QED) is 0.910. The number of anilines is 1. The average Bonchev–Trinajstić information content (AvgIpc) is 3.32. The van der Waals surface area contributed by atoms with Crippen molar-refractivity contribution < 1.29 is 18.0 Å². The molecule has 1 amide bonds. The maximum absolute atomic E-state index is 12.9. The van der Waals surface area contributed by atoms with Gasteiger partial charge in [0.15, 0.2) is 0 Å². The Morgan fingerprint density at radius 3 is 2.39 bits per heavy atom. The molecule has 1 aromatic rings. The molecule has 1 heterocycles. The van der Waals surface area contributed by atoms with Crippen LogP contribution in [-0.4, -0.2) is 29.9 Å². The van der Waals surface area contributed by atoms with E-state index < -0.39 is 11.7 Å². The van der Waals surface area contributed by atoms with Crippen LogP contribution in [0.3, 0.4) is 0 Å². The van der Waals surface area contributed by atoms with Gasteiger partial charge >= 0.3 is 6.18 Å². The molecule has 3 nitrogen and oxygen atoms in total. The van der Waals surface area contributed by atoms with Gasteiger partial charge in [0, 0.05) is 12.5 Å². The highest BCUT2D eigenvalue weighted by molar-refractivity contribution is 5.91. The number of carbonyl (C=O) groups is 1. The fourth-order valence-electron chi connectivity index (χ4n) is 3.26. The first-order valence-corrected chi connectivity index (χ1v) is 8.13. The van der Waals surface area contributed by atoms with Crippen LogP contribution in [0.4, 0.5) is 18.9 Å². The highest BCUT2D eigenvalue weighted by atomic mass is 19.4. The number of piperidine rings is 1. The third-order valence-corrected chi connectivity index (χ3v) is 4.69. The Morgan fingerprint density at radius 2 is 1.78 bits per heavy atom. The number of halogens is 3. The van der Waals surface area contributed by atoms with Crippen LogP contribution in [0.1, 0.15) is 37.7 Å². The van der Waals surface area contributed by atoms with E-state index in [2.05, 4.69) is 10.2 Å². The minimum atomic E-state index is -4.46. The molecule has 1 aliphatic carbocycles. The van der Waals surface area contributed by atoms with Crippen molar-refractivity contribution in [3.05, 3.63) is 29.8 Å². The van der Waals surface area contributed by atoms with E-state index in [-0.39, 0.29) is 17.5 Å². The molecular formula is C17H21F3N2O. The monoisotopic (exact) mass is 326 g/mol. The molecule has 6 heteroatoms. The molecule has 3 rings (SSSR count). The van der Waals surface area contributed by atoms with Gasteiger partial charge in [-0.25, -0.2) is 0 Å². The van der Waals surface area contributed by atoms with Gasteiger partial charge in [0.1, 0.15) is 0 Å². The zero-order chi connectivity index (χ0) is 16.4. The van der Waals surface area contributed by atoms with Crippen LogP contribution in [-0.2, 0) is 11.0 Å². The van der Waals surface area contributed by atoms with Gasteiger partial charge in [-0.05, 0) is 56.8 Å². The standard InChI is InChI=1S/C17H21F3N2O/c18-17(19,20)14-3-1-2-4-15(14)21-16(23)11-12-7-9-22(10-8-12)13-5-6-13/h1-4,12-13H,5-11H2,(H,21,23). The smallest absolute Gasteiger partial charge is 0.325 e. The van der Waals surface area contributed by atoms with E-state index in [1.807, 2.05) is 0 Å². The Bertz CT molecular complexity index is 561. The SMILES string of the molecule is O=C(CC1CCN(C2CC2)CC1)Nc1ccccc1C(F)(F)F. The second kappa shape index (κ2) is 6.51. The van der Waals surface area contributed by atoms with Gasteiger partial charge in [-0.1, -0.05) is 12.1 Å². The first-order valence-electron chi connectivity index (χ1n) is 8.13. The molecule has 1 aliphatic heterocycles. The number of nitrogens with zero attached hydrogens (tertiary/aromatic N) is 1. The molecule has 0 atom stereocenters. The van der Waals surface area contributed by atoms with Crippen molar-refractivity contribution in [2.24, 2.45) is 5.92 Å². The number of carbonyl (C=O) groups excluding carboxylic acids is 1. The molecule has 126 valence electrons. The molecule has 1 saturated heterocycles. The van der Waals surface area contributed by atoms with Crippen molar-refractivity contribution >= 4 is 11.6 Å². The lowest BCUT2D eigenvalue weighted by atomic mass is 9.93. The Labute approximate surface area is 133 Å². The van der Waals surface area contributed by atoms with E-state index in [4.69, 9.17) is 0 Å². The lowest BCUT2D eigenvalue weighted by molar-refractivity contribution is -0.137. The Morgan fingerprint density at radius 1 is 1.13 bits per heavy atom. The van der Waals surface area contributed by atoms with E-state index in [0.717, 1.165) is 38.0 Å². The minimum Gasteiger partial charge on any atom is -0.325 e. The number of para-hydroxylation sites is 1. The second-order valence-electron chi connectivity index (χ2n) is 6.51. The minimum absolute atomic E-state index is 0.152. The topological polar surface area (TPSA) is 32.3 Å². The van der Waals surface area contributed by atoms with Crippen LogP contribution in [0.15, 0.2) is 24.3 Å². The lowest BCUT2D eigenvalue weighted by Gasteiger charge is -2.31. The summed E-state index contributed by atoms with van der Waals surface area (Å²) in [5, 5.41) is 2.44. The van der Waals surface area contributed by atoms with Crippen LogP contribution in [0.5, 0.6) is 0 Å². The molecule has 2 aliphatic rings. The Balaban J connectivity index is 1.54. The number of alkyl halides is 3. The van der Waals surface area contributed by atoms with Crippen LogP contribution in [0.2, 0.25) is 0 Å². The van der Waals surface area contributed by atoms with E-state index in [1.54, 1.807) is 0 Å². The number of benzene rings is 1. The molecule has 0 spiro atoms. The number of hydrogen-bond donors (Lipinski definition) is 1. The summed E-state index contributed by atoms with van der Waals surface area (Å²) >= 11 is 0. The van der Waals surface area contributed by atoms with Gasteiger partial charge in [-0.2, -0.15) is 13.2 Å². The predicted molar refractivity (Wildman–Crippen MR) is 82.0 cm³/mol. The number of hydrogen-bond acceptors (Lipinski definition) is 2. The van der Waals surface area contributed by atoms with Crippen molar-refractivity contribution in [1.82, 2.24) is 4.90 Å². The third-order valence-electron chi connectivity index (χ3n) is 4.69. The molecule has 0 radical (unpaired) electrons. The molecule has 1 saturated carbocycles. The summed E-state index contributed by atoms with van der Waals surface area (Å²) in [6, 6.07) is 5.86. The summed E-state index contributed by atoms with van der Waals surface area (Å²) in [4.78, 5) is 14.6. The van der Waals surface area contributed by atoms with Crippen molar-refractivity contribution in [2.45, 2.75) is 44.3 Å². The fourth-order valence-corrected chi connectivity index (χ4v) is 3.26. The van der Waals surface area contributed by atoms with Gasteiger partial charge in [-0.3, -0.25) is 4.79 Å². The van der Waals surface area contributed by atoms with Crippen molar-refractivity contribution in [3.63, 3.8) is 0 Å². The number of likely N-dealkylation sites (tertiary alicyclic amines) is 1. The second-order valence-corrected chi connectivity index (χ2v) is 6.51. The largest absolute Gasteiger partial charge is 0.418 e. The van der Waals surface area contributed by atoms with Crippen molar-refractivity contribution in [1.29, 1.82) is 0 Å². The molecule has 1 aromatic carbocycles. The summed E-state index contributed by atoms with van der Waals surface area (Å²) in [6.07, 6.45) is 0.290. The fraction of sp³-hybridized carbons (Fsp3) is 0.588. The van der Waals surface area contributed by atoms with Crippen molar-refractivity contribution in [2.75, 3.05) is 18.4 Å². The van der Waals surface area contributed by atoms with Gasteiger partial charge in [0.05, 0.1) is 11.3 Å². The van der Waals surface area contributed by atoms with Gasteiger partial charge in [0.25, 0.3) is 0 Å². The average molecular weight is 326 g/mol. The van der Waals surface area contributed by atoms with E-state index in [1.165, 1.54) is 31.0 Å². The van der Waals surface area contributed by atoms with E-state index in [9.17, 15) is 18.0 Å². The normalized spacial score (nSPS) is 20.5. The highest BCUT2D eigenvalue weighted by Crippen LogP contribution is 2.35. The first kappa shape index (κ1) is 16.3. The zero-order valence-electron chi connectivity index (χ0n) is 12.9.